The minimum atomic E-state index is -0.481. The Kier molecular flexibility index (Phi) is 5.15. The second-order valence-corrected chi connectivity index (χ2v) is 6.42. The van der Waals surface area contributed by atoms with Gasteiger partial charge in [-0.3, -0.25) is 4.79 Å². The maximum atomic E-state index is 13.7. The van der Waals surface area contributed by atoms with Crippen molar-refractivity contribution < 1.29 is 13.9 Å². The summed E-state index contributed by atoms with van der Waals surface area (Å²) in [5, 5.41) is 7.04. The zero-order valence-electron chi connectivity index (χ0n) is 15.7. The third-order valence-electron chi connectivity index (χ3n) is 4.50. The van der Waals surface area contributed by atoms with Crippen LogP contribution in [-0.2, 0) is 17.8 Å². The smallest absolute Gasteiger partial charge is 0.252 e. The second-order valence-electron chi connectivity index (χ2n) is 6.42. The molecule has 2 aromatic carbocycles. The van der Waals surface area contributed by atoms with E-state index in [1.54, 1.807) is 16.8 Å². The van der Waals surface area contributed by atoms with Crippen molar-refractivity contribution >= 4 is 11.7 Å². The number of amides is 1. The van der Waals surface area contributed by atoms with Crippen molar-refractivity contribution in [2.75, 3.05) is 7.11 Å². The molecular formula is C21H18FN5O2. The van der Waals surface area contributed by atoms with Crippen LogP contribution >= 0.6 is 0 Å². The number of carbonyl (C=O) groups is 1. The number of carbonyl (C=O) groups excluding carboxylic acids is 1. The maximum absolute atomic E-state index is 13.7. The molecule has 4 aromatic rings. The second kappa shape index (κ2) is 8.05. The van der Waals surface area contributed by atoms with Gasteiger partial charge in [-0.05, 0) is 29.3 Å². The zero-order valence-corrected chi connectivity index (χ0v) is 15.7. The summed E-state index contributed by atoms with van der Waals surface area (Å²) in [5.41, 5.74) is 3.38. The monoisotopic (exact) mass is 391 g/mol. The molecular weight excluding hydrogens is 373 g/mol. The fraction of sp³-hybridized carbons (Fsp3) is 0.143. The number of hydrogen-bond acceptors (Lipinski definition) is 5. The number of nitrogens with one attached hydrogen (secondary N) is 1. The summed E-state index contributed by atoms with van der Waals surface area (Å²) >= 11 is 0. The van der Waals surface area contributed by atoms with Gasteiger partial charge in [-0.2, -0.15) is 14.6 Å². The van der Waals surface area contributed by atoms with Crippen LogP contribution in [-0.4, -0.2) is 32.6 Å². The van der Waals surface area contributed by atoms with E-state index < -0.39 is 5.82 Å². The quantitative estimate of drug-likeness (QED) is 0.547. The minimum absolute atomic E-state index is 0.0975. The maximum Gasteiger partial charge on any atom is 0.252 e. The number of nitrogens with zero attached hydrogens (tertiary/aromatic N) is 4. The fourth-order valence-corrected chi connectivity index (χ4v) is 3.02. The average Bonchev–Trinajstić information content (AvgIpc) is 3.22. The van der Waals surface area contributed by atoms with E-state index in [4.69, 9.17) is 4.74 Å². The summed E-state index contributed by atoms with van der Waals surface area (Å²) in [5.74, 6) is 0.0310. The highest BCUT2D eigenvalue weighted by Crippen LogP contribution is 2.20. The first-order valence-corrected chi connectivity index (χ1v) is 8.97. The Hall–Kier alpha value is -3.81. The highest BCUT2D eigenvalue weighted by atomic mass is 19.1. The van der Waals surface area contributed by atoms with Crippen LogP contribution in [0.3, 0.4) is 0 Å². The van der Waals surface area contributed by atoms with Crippen molar-refractivity contribution in [1.82, 2.24) is 24.9 Å². The highest BCUT2D eigenvalue weighted by molar-refractivity contribution is 5.78. The third kappa shape index (κ3) is 4.06. The van der Waals surface area contributed by atoms with Crippen LogP contribution in [0.5, 0.6) is 5.75 Å². The van der Waals surface area contributed by atoms with Crippen LogP contribution in [0.2, 0.25) is 0 Å². The molecule has 29 heavy (non-hydrogen) atoms. The van der Waals surface area contributed by atoms with Crippen molar-refractivity contribution in [2.45, 2.75) is 13.0 Å². The normalized spacial score (nSPS) is 10.8. The van der Waals surface area contributed by atoms with Gasteiger partial charge in [-0.15, -0.1) is 0 Å². The van der Waals surface area contributed by atoms with Gasteiger partial charge in [0, 0.05) is 18.3 Å². The van der Waals surface area contributed by atoms with Gasteiger partial charge in [0.2, 0.25) is 5.91 Å². The molecule has 2 heterocycles. The predicted octanol–water partition coefficient (Wildman–Crippen LogP) is 2.80. The van der Waals surface area contributed by atoms with Gasteiger partial charge in [0.1, 0.15) is 6.33 Å². The predicted molar refractivity (Wildman–Crippen MR) is 105 cm³/mol. The number of methoxy groups -OCH3 is 1. The van der Waals surface area contributed by atoms with Crippen LogP contribution in [0.4, 0.5) is 4.39 Å². The molecule has 146 valence electrons. The van der Waals surface area contributed by atoms with Crippen molar-refractivity contribution in [3.63, 3.8) is 0 Å². The first-order chi connectivity index (χ1) is 14.1. The van der Waals surface area contributed by atoms with E-state index in [-0.39, 0.29) is 18.1 Å². The Morgan fingerprint density at radius 1 is 1.10 bits per heavy atom. The molecule has 7 nitrogen and oxygen atoms in total. The SMILES string of the molecule is COc1ccc(CC(=O)NCc2ccc(-c3ccnc4ncnn34)cc2)cc1F. The lowest BCUT2D eigenvalue weighted by molar-refractivity contribution is -0.120. The van der Waals surface area contributed by atoms with Gasteiger partial charge in [0.05, 0.1) is 19.2 Å². The van der Waals surface area contributed by atoms with E-state index in [2.05, 4.69) is 20.4 Å². The highest BCUT2D eigenvalue weighted by Gasteiger charge is 2.09. The van der Waals surface area contributed by atoms with E-state index >= 15 is 0 Å². The van der Waals surface area contributed by atoms with E-state index in [1.807, 2.05) is 30.3 Å². The standard InChI is InChI=1S/C21H18FN5O2/c1-29-19-7-4-15(10-17(19)22)11-20(28)24-12-14-2-5-16(6-3-14)18-8-9-23-21-25-13-26-27(18)21/h2-10,13H,11-12H2,1H3,(H,24,28). The summed E-state index contributed by atoms with van der Waals surface area (Å²) in [4.78, 5) is 20.4. The Morgan fingerprint density at radius 3 is 2.66 bits per heavy atom. The van der Waals surface area contributed by atoms with Gasteiger partial charge >= 0.3 is 0 Å². The molecule has 0 radical (unpaired) electrons. The van der Waals surface area contributed by atoms with Crippen LogP contribution in [0.15, 0.2) is 61.1 Å². The third-order valence-corrected chi connectivity index (χ3v) is 4.50. The number of fused-ring (bicyclic) bond motifs is 1. The molecule has 2 aromatic heterocycles. The van der Waals surface area contributed by atoms with Crippen LogP contribution in [0, 0.1) is 5.82 Å². The zero-order chi connectivity index (χ0) is 20.2. The number of hydrogen-bond donors (Lipinski definition) is 1. The lowest BCUT2D eigenvalue weighted by Crippen LogP contribution is -2.24. The minimum Gasteiger partial charge on any atom is -0.494 e. The van der Waals surface area contributed by atoms with Gasteiger partial charge in [-0.25, -0.2) is 9.37 Å². The Balaban J connectivity index is 1.38. The topological polar surface area (TPSA) is 81.4 Å². The molecule has 0 saturated heterocycles. The van der Waals surface area contributed by atoms with Gasteiger partial charge < -0.3 is 10.1 Å². The van der Waals surface area contributed by atoms with Crippen molar-refractivity contribution in [2.24, 2.45) is 0 Å². The van der Waals surface area contributed by atoms with Crippen molar-refractivity contribution in [3.05, 3.63) is 78.0 Å². The summed E-state index contributed by atoms with van der Waals surface area (Å²) in [7, 11) is 1.40. The number of benzene rings is 2. The largest absolute Gasteiger partial charge is 0.494 e. The molecule has 0 aliphatic carbocycles. The number of ether oxygens (including phenoxy) is 1. The molecule has 0 spiro atoms. The summed E-state index contributed by atoms with van der Waals surface area (Å²) < 4.78 is 20.3. The lowest BCUT2D eigenvalue weighted by Gasteiger charge is -2.08. The van der Waals surface area contributed by atoms with Crippen LogP contribution < -0.4 is 10.1 Å². The number of halogens is 1. The fourth-order valence-electron chi connectivity index (χ4n) is 3.02. The molecule has 0 bridgehead atoms. The molecule has 8 heteroatoms. The lowest BCUT2D eigenvalue weighted by atomic mass is 10.1. The molecule has 1 amide bonds. The molecule has 0 atom stereocenters. The Labute approximate surface area is 166 Å². The van der Waals surface area contributed by atoms with E-state index in [0.717, 1.165) is 16.8 Å². The van der Waals surface area contributed by atoms with Gasteiger partial charge in [0.15, 0.2) is 11.6 Å². The van der Waals surface area contributed by atoms with Crippen LogP contribution in [0.25, 0.3) is 17.0 Å². The average molecular weight is 391 g/mol. The molecule has 4 rings (SSSR count). The summed E-state index contributed by atoms with van der Waals surface area (Å²) in [6, 6.07) is 14.2. The summed E-state index contributed by atoms with van der Waals surface area (Å²) in [6.45, 7) is 0.382. The molecule has 0 unspecified atom stereocenters. The van der Waals surface area contributed by atoms with Crippen molar-refractivity contribution in [3.8, 4) is 17.0 Å². The van der Waals surface area contributed by atoms with E-state index in [1.165, 1.54) is 25.6 Å². The molecule has 1 N–H and O–H groups in total. The molecule has 0 fully saturated rings. The molecule has 0 aliphatic rings. The first kappa shape index (κ1) is 18.5. The Bertz CT molecular complexity index is 1160. The molecule has 0 saturated carbocycles. The van der Waals surface area contributed by atoms with E-state index in [0.29, 0.717) is 17.9 Å². The van der Waals surface area contributed by atoms with Gasteiger partial charge in [0.25, 0.3) is 5.78 Å². The number of rotatable bonds is 6. The Morgan fingerprint density at radius 2 is 1.90 bits per heavy atom. The summed E-state index contributed by atoms with van der Waals surface area (Å²) in [6.07, 6.45) is 3.25. The first-order valence-electron chi connectivity index (χ1n) is 8.97. The number of aromatic nitrogens is 4. The molecule has 0 aliphatic heterocycles. The van der Waals surface area contributed by atoms with Crippen molar-refractivity contribution in [1.29, 1.82) is 0 Å². The van der Waals surface area contributed by atoms with Gasteiger partial charge in [-0.1, -0.05) is 30.3 Å². The van der Waals surface area contributed by atoms with E-state index in [9.17, 15) is 9.18 Å². The van der Waals surface area contributed by atoms with Crippen LogP contribution in [0.1, 0.15) is 11.1 Å².